The Morgan fingerprint density at radius 1 is 1.09 bits per heavy atom. The molecule has 0 radical (unpaired) electrons. The second-order valence-electron chi connectivity index (χ2n) is 7.51. The molecule has 0 saturated carbocycles. The number of nitrogens with one attached hydrogen (secondary N) is 2. The van der Waals surface area contributed by atoms with Gasteiger partial charge in [-0.15, -0.1) is 22.0 Å². The van der Waals surface area contributed by atoms with Gasteiger partial charge in [0.25, 0.3) is 5.91 Å². The molecule has 2 aromatic carbocycles. The zero-order chi connectivity index (χ0) is 23.2. The molecule has 0 aliphatic carbocycles. The summed E-state index contributed by atoms with van der Waals surface area (Å²) < 4.78 is 11.1. The molecular formula is C23H24N4O4S2. The third-order valence-electron chi connectivity index (χ3n) is 4.87. The van der Waals surface area contributed by atoms with Crippen LogP contribution in [0.15, 0.2) is 42.5 Å². The van der Waals surface area contributed by atoms with Crippen LogP contribution in [0.4, 0.5) is 5.69 Å². The predicted octanol–water partition coefficient (Wildman–Crippen LogP) is 3.98. The van der Waals surface area contributed by atoms with Crippen LogP contribution in [0.1, 0.15) is 38.9 Å². The molecule has 1 aliphatic rings. The number of aryl methyl sites for hydroxylation is 1. The first-order valence-corrected chi connectivity index (χ1v) is 12.4. The van der Waals surface area contributed by atoms with E-state index < -0.39 is 0 Å². The fraction of sp³-hybridized carbons (Fsp3) is 0.304. The van der Waals surface area contributed by atoms with Gasteiger partial charge in [-0.25, -0.2) is 0 Å². The molecule has 172 valence electrons. The second-order valence-corrected chi connectivity index (χ2v) is 9.55. The SMILES string of the molecule is Cc1ccc(NC(=O)c2nnc(CSCC(=O)N[C@@H](C)c3ccc4c(c3)OCCO4)s2)cc1. The van der Waals surface area contributed by atoms with Crippen LogP contribution < -0.4 is 20.1 Å². The molecule has 4 rings (SSSR count). The molecule has 2 heterocycles. The number of aromatic nitrogens is 2. The Morgan fingerprint density at radius 2 is 1.85 bits per heavy atom. The molecule has 3 aromatic rings. The smallest absolute Gasteiger partial charge is 0.286 e. The Balaban J connectivity index is 1.22. The summed E-state index contributed by atoms with van der Waals surface area (Å²) in [5.74, 6) is 1.83. The molecule has 0 fully saturated rings. The first-order valence-electron chi connectivity index (χ1n) is 10.4. The maximum absolute atomic E-state index is 12.4. The molecule has 10 heteroatoms. The fourth-order valence-electron chi connectivity index (χ4n) is 3.15. The van der Waals surface area contributed by atoms with E-state index in [1.807, 2.05) is 56.3 Å². The number of hydrogen-bond acceptors (Lipinski definition) is 8. The summed E-state index contributed by atoms with van der Waals surface area (Å²) in [5.41, 5.74) is 2.78. The maximum atomic E-state index is 12.4. The van der Waals surface area contributed by atoms with Crippen LogP contribution in [0.5, 0.6) is 11.5 Å². The highest BCUT2D eigenvalue weighted by atomic mass is 32.2. The van der Waals surface area contributed by atoms with E-state index in [1.165, 1.54) is 23.1 Å². The summed E-state index contributed by atoms with van der Waals surface area (Å²) in [5, 5.41) is 14.8. The molecule has 1 aromatic heterocycles. The lowest BCUT2D eigenvalue weighted by atomic mass is 10.1. The number of nitrogens with zero attached hydrogens (tertiary/aromatic N) is 2. The number of carbonyl (C=O) groups excluding carboxylic acids is 2. The highest BCUT2D eigenvalue weighted by Crippen LogP contribution is 2.32. The van der Waals surface area contributed by atoms with Gasteiger partial charge >= 0.3 is 0 Å². The summed E-state index contributed by atoms with van der Waals surface area (Å²) in [7, 11) is 0. The van der Waals surface area contributed by atoms with E-state index in [4.69, 9.17) is 9.47 Å². The molecule has 1 aliphatic heterocycles. The van der Waals surface area contributed by atoms with Gasteiger partial charge in [-0.2, -0.15) is 0 Å². The van der Waals surface area contributed by atoms with Crippen molar-refractivity contribution in [3.05, 3.63) is 63.6 Å². The van der Waals surface area contributed by atoms with E-state index in [0.717, 1.165) is 16.9 Å². The average Bonchev–Trinajstić information content (AvgIpc) is 3.29. The molecule has 8 nitrogen and oxygen atoms in total. The first-order chi connectivity index (χ1) is 16.0. The van der Waals surface area contributed by atoms with Crippen molar-refractivity contribution in [3.63, 3.8) is 0 Å². The highest BCUT2D eigenvalue weighted by Gasteiger charge is 2.17. The number of ether oxygens (including phenoxy) is 2. The molecule has 0 bridgehead atoms. The molecule has 0 unspecified atom stereocenters. The molecular weight excluding hydrogens is 460 g/mol. The van der Waals surface area contributed by atoms with Crippen LogP contribution in [0.2, 0.25) is 0 Å². The van der Waals surface area contributed by atoms with E-state index >= 15 is 0 Å². The van der Waals surface area contributed by atoms with Gasteiger partial charge in [0.05, 0.1) is 11.8 Å². The first kappa shape index (κ1) is 23.1. The second kappa shape index (κ2) is 10.7. The van der Waals surface area contributed by atoms with Crippen molar-refractivity contribution >= 4 is 40.6 Å². The molecule has 1 atom stereocenters. The van der Waals surface area contributed by atoms with Crippen molar-refractivity contribution in [2.45, 2.75) is 25.6 Å². The Bertz CT molecular complexity index is 1130. The predicted molar refractivity (Wildman–Crippen MR) is 129 cm³/mol. The topological polar surface area (TPSA) is 102 Å². The van der Waals surface area contributed by atoms with Gasteiger partial charge in [-0.05, 0) is 43.7 Å². The molecule has 2 amide bonds. The van der Waals surface area contributed by atoms with Gasteiger partial charge in [-0.1, -0.05) is 35.1 Å². The molecule has 33 heavy (non-hydrogen) atoms. The van der Waals surface area contributed by atoms with Gasteiger partial charge in [0.15, 0.2) is 11.5 Å². The van der Waals surface area contributed by atoms with Gasteiger partial charge in [0, 0.05) is 11.4 Å². The Labute approximate surface area is 200 Å². The Morgan fingerprint density at radius 3 is 2.64 bits per heavy atom. The quantitative estimate of drug-likeness (QED) is 0.499. The number of rotatable bonds is 8. The Hall–Kier alpha value is -3.11. The van der Waals surface area contributed by atoms with Crippen LogP contribution in [-0.4, -0.2) is 41.0 Å². The summed E-state index contributed by atoms with van der Waals surface area (Å²) in [6, 6.07) is 13.1. The van der Waals surface area contributed by atoms with Crippen LogP contribution in [-0.2, 0) is 10.5 Å². The lowest BCUT2D eigenvalue weighted by Crippen LogP contribution is -2.28. The minimum Gasteiger partial charge on any atom is -0.486 e. The molecule has 2 N–H and O–H groups in total. The minimum absolute atomic E-state index is 0.0794. The number of fused-ring (bicyclic) bond motifs is 1. The van der Waals surface area contributed by atoms with Gasteiger partial charge in [0.1, 0.15) is 18.2 Å². The van der Waals surface area contributed by atoms with E-state index in [2.05, 4.69) is 20.8 Å². The van der Waals surface area contributed by atoms with Crippen LogP contribution >= 0.6 is 23.1 Å². The van der Waals surface area contributed by atoms with E-state index in [0.29, 0.717) is 40.4 Å². The van der Waals surface area contributed by atoms with Crippen LogP contribution in [0, 0.1) is 6.92 Å². The largest absolute Gasteiger partial charge is 0.486 e. The van der Waals surface area contributed by atoms with Gasteiger partial charge in [0.2, 0.25) is 10.9 Å². The number of hydrogen-bond donors (Lipinski definition) is 2. The standard InChI is InChI=1S/C23H24N4O4S2/c1-14-3-6-17(7-4-14)25-22(29)23-27-26-21(33-23)13-32-12-20(28)24-15(2)16-5-8-18-19(11-16)31-10-9-30-18/h3-8,11,15H,9-10,12-13H2,1-2H3,(H,24,28)(H,25,29)/t15-/m0/s1. The van der Waals surface area contributed by atoms with Crippen molar-refractivity contribution in [2.75, 3.05) is 24.3 Å². The highest BCUT2D eigenvalue weighted by molar-refractivity contribution is 7.99. The zero-order valence-electron chi connectivity index (χ0n) is 18.3. The number of thioether (sulfide) groups is 1. The van der Waals surface area contributed by atoms with Crippen molar-refractivity contribution in [3.8, 4) is 11.5 Å². The summed E-state index contributed by atoms with van der Waals surface area (Å²) in [6.07, 6.45) is 0. The number of carbonyl (C=O) groups is 2. The van der Waals surface area contributed by atoms with E-state index in [-0.39, 0.29) is 23.6 Å². The number of amides is 2. The monoisotopic (exact) mass is 484 g/mol. The van der Waals surface area contributed by atoms with E-state index in [1.54, 1.807) is 0 Å². The number of benzene rings is 2. The van der Waals surface area contributed by atoms with Crippen molar-refractivity contribution in [1.29, 1.82) is 0 Å². The van der Waals surface area contributed by atoms with Crippen LogP contribution in [0.3, 0.4) is 0 Å². The minimum atomic E-state index is -0.293. The van der Waals surface area contributed by atoms with Crippen molar-refractivity contribution in [1.82, 2.24) is 15.5 Å². The third kappa shape index (κ3) is 6.23. The summed E-state index contributed by atoms with van der Waals surface area (Å²) in [6.45, 7) is 4.98. The third-order valence-corrected chi connectivity index (χ3v) is 6.92. The fourth-order valence-corrected chi connectivity index (χ4v) is 4.77. The normalized spacial score (nSPS) is 13.3. The Kier molecular flexibility index (Phi) is 7.46. The van der Waals surface area contributed by atoms with Gasteiger partial charge in [-0.3, -0.25) is 9.59 Å². The molecule has 0 saturated heterocycles. The lowest BCUT2D eigenvalue weighted by Gasteiger charge is -2.21. The van der Waals surface area contributed by atoms with Crippen molar-refractivity contribution in [2.24, 2.45) is 0 Å². The van der Waals surface area contributed by atoms with Gasteiger partial charge < -0.3 is 20.1 Å². The zero-order valence-corrected chi connectivity index (χ0v) is 19.9. The van der Waals surface area contributed by atoms with Crippen molar-refractivity contribution < 1.29 is 19.1 Å². The average molecular weight is 485 g/mol. The lowest BCUT2D eigenvalue weighted by molar-refractivity contribution is -0.119. The maximum Gasteiger partial charge on any atom is 0.286 e. The van der Waals surface area contributed by atoms with Crippen LogP contribution in [0.25, 0.3) is 0 Å². The summed E-state index contributed by atoms with van der Waals surface area (Å²) in [4.78, 5) is 24.7. The summed E-state index contributed by atoms with van der Waals surface area (Å²) >= 11 is 2.65. The van der Waals surface area contributed by atoms with E-state index in [9.17, 15) is 9.59 Å². The number of anilines is 1. The molecule has 0 spiro atoms.